The van der Waals surface area contributed by atoms with E-state index in [-0.39, 0.29) is 53.2 Å². The molecule has 6 aromatic heterocycles. The predicted octanol–water partition coefficient (Wildman–Crippen LogP) is 20.7. The second-order valence-corrected chi connectivity index (χ2v) is 30.8. The minimum Gasteiger partial charge on any atom is -0.491 e. The molecule has 0 atom stereocenters. The number of anilines is 11. The average Bonchev–Trinajstić information content (AvgIpc) is 1.79. The first-order chi connectivity index (χ1) is 53.2. The maximum Gasteiger partial charge on any atom is 0.321 e. The van der Waals surface area contributed by atoms with E-state index in [0.717, 1.165) is 112 Å². The number of hydrogen-bond acceptors (Lipinski definition) is 23. The zero-order valence-electron chi connectivity index (χ0n) is 62.9. The van der Waals surface area contributed by atoms with Crippen molar-refractivity contribution in [2.24, 2.45) is 0 Å². The maximum atomic E-state index is 12.3. The van der Waals surface area contributed by atoms with Crippen LogP contribution in [0.25, 0.3) is 34.0 Å². The molecule has 2 aliphatic heterocycles. The first-order valence-corrected chi connectivity index (χ1v) is 39.8. The molecular weight excluding hydrogens is 1620 g/mol. The standard InChI is InChI=1S/C25H26N6O3S.C24H23BrN4O3S.C15H16N2O2S.C12H11BrClNO2.C4H7NO/c1-15(2)33-20-11-17(10-19(13-20)31-8-6-27-25(31)32)22-14-28-23(34-22)30-21-12-18(5-4-16(21)3)29-24-26-7-9-35-24;1-14(2)31-20-10-17(9-18(25)11-20)22-13-27-23(32-22)28-21-12-19(6-5-15(21)3)29(16(4)30)24-26-7-8-33-24;1-10-4-5-14(9-13(10)8-11(2)18)17(12(3)19)15-16-6-7-20-15;1-7(2)16-10-4-8(3-9(13)5-10)11-6-15-12(14)17-11;6-4-2-1-3-5-4/h4-5,7,9-15H,6,8H2,1-3H3,(H,26,29)(H,27,32)(H,28,30);5-14H,1-4H3,(H,27,28);4-7,9H,8H2,1-3H3;3-7H,1-2H3;1-3H2,(H,5,6). The summed E-state index contributed by atoms with van der Waals surface area (Å²) in [6.07, 6.45) is 12.3. The van der Waals surface area contributed by atoms with Crippen molar-refractivity contribution in [2.75, 3.05) is 50.3 Å². The average molecular weight is 1710 g/mol. The maximum absolute atomic E-state index is 12.3. The van der Waals surface area contributed by atoms with Gasteiger partial charge in [-0.1, -0.05) is 50.1 Å². The van der Waals surface area contributed by atoms with E-state index in [1.54, 1.807) is 58.8 Å². The van der Waals surface area contributed by atoms with E-state index < -0.39 is 0 Å². The molecule has 0 bridgehead atoms. The largest absolute Gasteiger partial charge is 0.491 e. The number of aryl methyl sites for hydroxylation is 3. The third-order valence-corrected chi connectivity index (χ3v) is 19.2. The van der Waals surface area contributed by atoms with Gasteiger partial charge >= 0.3 is 6.03 Å². The Morgan fingerprint density at radius 1 is 0.559 bits per heavy atom. The fourth-order valence-electron chi connectivity index (χ4n) is 11.0. The van der Waals surface area contributed by atoms with Crippen molar-refractivity contribution in [1.29, 1.82) is 0 Å². The topological polar surface area (TPSA) is 300 Å². The van der Waals surface area contributed by atoms with Gasteiger partial charge in [-0.3, -0.25) is 33.9 Å². The second-order valence-electron chi connectivity index (χ2n) is 26.0. The fraction of sp³-hybridized carbons (Fsp3) is 0.263. The molecular formula is C80H83Br2ClN14O11S3. The Balaban J connectivity index is 0.000000159. The monoisotopic (exact) mass is 1700 g/mol. The molecule has 5 amide bonds. The lowest BCUT2D eigenvalue weighted by atomic mass is 10.0. The van der Waals surface area contributed by atoms with Crippen molar-refractivity contribution in [2.45, 2.75) is 121 Å². The van der Waals surface area contributed by atoms with Crippen LogP contribution in [0.5, 0.6) is 17.2 Å². The quantitative estimate of drug-likeness (QED) is 0.0421. The van der Waals surface area contributed by atoms with Crippen molar-refractivity contribution in [3.8, 4) is 51.2 Å². The minimum atomic E-state index is -0.126. The number of amides is 5. The van der Waals surface area contributed by atoms with Crippen LogP contribution >= 0.6 is 77.5 Å². The van der Waals surface area contributed by atoms with Gasteiger partial charge in [-0.2, -0.15) is 0 Å². The van der Waals surface area contributed by atoms with Gasteiger partial charge in [-0.15, -0.1) is 34.0 Å². The molecule has 0 saturated carbocycles. The molecule has 2 aliphatic rings. The van der Waals surface area contributed by atoms with Gasteiger partial charge < -0.3 is 54.0 Å². The van der Waals surface area contributed by atoms with Crippen molar-refractivity contribution in [3.63, 3.8) is 0 Å². The second kappa shape index (κ2) is 39.2. The number of ketones is 1. The van der Waals surface area contributed by atoms with Gasteiger partial charge in [-0.25, -0.2) is 34.7 Å². The van der Waals surface area contributed by atoms with Crippen LogP contribution in [0.1, 0.15) is 97.4 Å². The van der Waals surface area contributed by atoms with Gasteiger partial charge in [0.05, 0.1) is 48.3 Å². The van der Waals surface area contributed by atoms with Crippen LogP contribution < -0.4 is 55.5 Å². The number of Topliss-reactive ketones (excluding diaryl/α,β-unsaturated/α-hetero) is 1. The molecule has 2 fully saturated rings. The van der Waals surface area contributed by atoms with Gasteiger partial charge in [0.15, 0.2) is 32.7 Å². The van der Waals surface area contributed by atoms with Gasteiger partial charge in [0, 0.05) is 136 Å². The summed E-state index contributed by atoms with van der Waals surface area (Å²) in [5.74, 6) is 4.06. The van der Waals surface area contributed by atoms with Crippen molar-refractivity contribution >= 4 is 169 Å². The summed E-state index contributed by atoms with van der Waals surface area (Å²) in [6.45, 7) is 24.5. The third kappa shape index (κ3) is 24.1. The summed E-state index contributed by atoms with van der Waals surface area (Å²) in [6, 6.07) is 35.2. The Morgan fingerprint density at radius 3 is 1.50 bits per heavy atom. The number of oxazole rings is 3. The van der Waals surface area contributed by atoms with E-state index in [2.05, 4.69) is 88.3 Å². The van der Waals surface area contributed by atoms with Crippen LogP contribution in [0.2, 0.25) is 5.35 Å². The number of benzene rings is 6. The smallest absolute Gasteiger partial charge is 0.321 e. The Labute approximate surface area is 676 Å². The molecule has 578 valence electrons. The molecule has 31 heteroatoms. The lowest BCUT2D eigenvalue weighted by Gasteiger charge is -2.19. The Hall–Kier alpha value is -10.8. The third-order valence-electron chi connectivity index (χ3n) is 15.9. The SMILES string of the molecule is CC(=O)Cc1cc(N(C(C)=O)c2nccs2)ccc1C.CC(=O)N(c1ccc(C)c(Nc2ncc(-c3cc(Br)cc(OC(C)C)c3)o2)c1)c1nccs1.CC(C)Oc1cc(Br)cc(-c2cnc(Cl)o2)c1.Cc1ccc(Nc2nccs2)cc1Nc1ncc(-c2cc(OC(C)C)cc(N3CCNC3=O)c2)o1.O=C1CCCN1. The summed E-state index contributed by atoms with van der Waals surface area (Å²) < 4.78 is 36.5. The molecule has 5 N–H and O–H groups in total. The number of thiazole rings is 3. The van der Waals surface area contributed by atoms with Gasteiger partial charge in [0.2, 0.25) is 17.7 Å². The molecule has 14 rings (SSSR count). The summed E-state index contributed by atoms with van der Waals surface area (Å²) in [5.41, 5.74) is 11.3. The van der Waals surface area contributed by atoms with E-state index >= 15 is 0 Å². The minimum absolute atomic E-state index is 0.00861. The number of urea groups is 1. The molecule has 2 saturated heterocycles. The highest BCUT2D eigenvalue weighted by Crippen LogP contribution is 2.39. The number of aromatic nitrogens is 6. The van der Waals surface area contributed by atoms with Crippen molar-refractivity contribution in [3.05, 3.63) is 199 Å². The van der Waals surface area contributed by atoms with Gasteiger partial charge in [-0.05, 0) is 194 Å². The molecule has 111 heavy (non-hydrogen) atoms. The van der Waals surface area contributed by atoms with Crippen molar-refractivity contribution < 1.29 is 51.4 Å². The van der Waals surface area contributed by atoms with Crippen LogP contribution in [-0.4, -0.2) is 97.4 Å². The molecule has 0 radical (unpaired) electrons. The number of carbonyl (C=O) groups excluding carboxylic acids is 5. The van der Waals surface area contributed by atoms with Crippen LogP contribution in [0, 0.1) is 20.8 Å². The number of carbonyl (C=O) groups is 5. The number of halogens is 3. The summed E-state index contributed by atoms with van der Waals surface area (Å²) in [7, 11) is 0. The zero-order valence-corrected chi connectivity index (χ0v) is 69.3. The van der Waals surface area contributed by atoms with E-state index in [1.807, 2.05) is 188 Å². The number of nitrogens with one attached hydrogen (secondary N) is 5. The molecule has 0 unspecified atom stereocenters. The van der Waals surface area contributed by atoms with Crippen LogP contribution in [0.4, 0.5) is 66.3 Å². The van der Waals surface area contributed by atoms with E-state index in [1.165, 1.54) is 47.9 Å². The van der Waals surface area contributed by atoms with E-state index in [4.69, 9.17) is 39.1 Å². The lowest BCUT2D eigenvalue weighted by Crippen LogP contribution is -2.27. The summed E-state index contributed by atoms with van der Waals surface area (Å²) in [5, 5.41) is 23.1. The first-order valence-electron chi connectivity index (χ1n) is 35.2. The van der Waals surface area contributed by atoms with E-state index in [9.17, 15) is 24.0 Å². The Bertz CT molecular complexity index is 5140. The van der Waals surface area contributed by atoms with Crippen LogP contribution in [0.15, 0.2) is 185 Å². The fourth-order valence-corrected chi connectivity index (χ4v) is 14.1. The van der Waals surface area contributed by atoms with Gasteiger partial charge in [0.25, 0.3) is 17.4 Å². The molecule has 12 aromatic rings. The van der Waals surface area contributed by atoms with E-state index in [0.29, 0.717) is 70.5 Å². The molecule has 0 spiro atoms. The highest BCUT2D eigenvalue weighted by Gasteiger charge is 2.25. The normalized spacial score (nSPS) is 12.1. The highest BCUT2D eigenvalue weighted by atomic mass is 79.9. The molecule has 6 aromatic carbocycles. The zero-order chi connectivity index (χ0) is 79.4. The number of nitrogens with zero attached hydrogens (tertiary/aromatic N) is 9. The summed E-state index contributed by atoms with van der Waals surface area (Å²) >= 11 is 17.0. The Morgan fingerprint density at radius 2 is 1.05 bits per heavy atom. The van der Waals surface area contributed by atoms with Gasteiger partial charge in [0.1, 0.15) is 23.0 Å². The molecule has 8 heterocycles. The van der Waals surface area contributed by atoms with Crippen molar-refractivity contribution in [1.82, 2.24) is 40.5 Å². The number of ether oxygens (including phenoxy) is 3. The highest BCUT2D eigenvalue weighted by molar-refractivity contribution is 9.10. The first kappa shape index (κ1) is 82.7. The Kier molecular flexibility index (Phi) is 29.2. The number of hydrogen-bond donors (Lipinski definition) is 5. The lowest BCUT2D eigenvalue weighted by molar-refractivity contribution is -0.119. The molecule has 0 aliphatic carbocycles. The number of rotatable bonds is 22. The van der Waals surface area contributed by atoms with Crippen LogP contribution in [-0.2, 0) is 25.6 Å². The summed E-state index contributed by atoms with van der Waals surface area (Å²) in [4.78, 5) is 88.1. The molecule has 25 nitrogen and oxygen atoms in total. The predicted molar refractivity (Wildman–Crippen MR) is 446 cm³/mol. The van der Waals surface area contributed by atoms with Crippen LogP contribution in [0.3, 0.4) is 0 Å².